The second-order valence-corrected chi connectivity index (χ2v) is 9.50. The fourth-order valence-corrected chi connectivity index (χ4v) is 5.64. The maximum Gasteiger partial charge on any atom is 0.250 e. The van der Waals surface area contributed by atoms with Crippen molar-refractivity contribution in [3.8, 4) is 0 Å². The van der Waals surface area contributed by atoms with Crippen molar-refractivity contribution in [2.45, 2.75) is 48.8 Å². The number of rotatable bonds is 4. The third-order valence-electron chi connectivity index (χ3n) is 3.47. The highest BCUT2D eigenvalue weighted by molar-refractivity contribution is 9.11. The molecule has 4 nitrogen and oxygen atoms in total. The van der Waals surface area contributed by atoms with Crippen LogP contribution in [0.15, 0.2) is 14.1 Å². The third-order valence-corrected chi connectivity index (χ3v) is 7.49. The minimum atomic E-state index is -3.52. The molecule has 0 aliphatic heterocycles. The smallest absolute Gasteiger partial charge is 0.250 e. The van der Waals surface area contributed by atoms with Crippen molar-refractivity contribution in [2.24, 2.45) is 0 Å². The molecule has 0 unspecified atom stereocenters. The first-order chi connectivity index (χ1) is 8.82. The van der Waals surface area contributed by atoms with E-state index in [9.17, 15) is 13.5 Å². The highest BCUT2D eigenvalue weighted by atomic mass is 79.9. The minimum absolute atomic E-state index is 0.101. The number of thiophene rings is 1. The molecule has 1 aliphatic rings. The Bertz CT molecular complexity index is 528. The molecular weight excluding hydrogens is 350 g/mol. The van der Waals surface area contributed by atoms with Gasteiger partial charge in [0.25, 0.3) is 0 Å². The van der Waals surface area contributed by atoms with Crippen molar-refractivity contribution in [3.05, 3.63) is 15.4 Å². The minimum Gasteiger partial charge on any atom is -0.389 e. The van der Waals surface area contributed by atoms with E-state index in [2.05, 4.69) is 20.7 Å². The van der Waals surface area contributed by atoms with Gasteiger partial charge in [-0.15, -0.1) is 11.3 Å². The van der Waals surface area contributed by atoms with Crippen LogP contribution in [0, 0.1) is 6.92 Å². The van der Waals surface area contributed by atoms with Crippen molar-refractivity contribution < 1.29 is 13.5 Å². The molecule has 0 bridgehead atoms. The Morgan fingerprint density at radius 1 is 1.42 bits per heavy atom. The van der Waals surface area contributed by atoms with Gasteiger partial charge in [0.15, 0.2) is 0 Å². The highest BCUT2D eigenvalue weighted by Gasteiger charge is 2.31. The molecule has 1 aromatic heterocycles. The molecule has 1 heterocycles. The van der Waals surface area contributed by atoms with Crippen LogP contribution in [0.4, 0.5) is 0 Å². The van der Waals surface area contributed by atoms with Crippen LogP contribution in [0.3, 0.4) is 0 Å². The molecule has 0 spiro atoms. The Labute approximate surface area is 126 Å². The molecule has 2 N–H and O–H groups in total. The van der Waals surface area contributed by atoms with Gasteiger partial charge in [-0.25, -0.2) is 13.1 Å². The molecular formula is C12H18BrNO3S2. The van der Waals surface area contributed by atoms with E-state index in [-0.39, 0.29) is 10.8 Å². The second-order valence-electron chi connectivity index (χ2n) is 5.13. The van der Waals surface area contributed by atoms with E-state index in [0.29, 0.717) is 12.8 Å². The Hall–Kier alpha value is 0.0500. The van der Waals surface area contributed by atoms with Crippen LogP contribution in [0.5, 0.6) is 0 Å². The van der Waals surface area contributed by atoms with Crippen LogP contribution in [-0.2, 0) is 10.0 Å². The van der Waals surface area contributed by atoms with E-state index >= 15 is 0 Å². The van der Waals surface area contributed by atoms with Gasteiger partial charge in [0.1, 0.15) is 4.21 Å². The van der Waals surface area contributed by atoms with Crippen LogP contribution in [0.2, 0.25) is 0 Å². The lowest BCUT2D eigenvalue weighted by Gasteiger charge is -2.31. The van der Waals surface area contributed by atoms with Crippen molar-refractivity contribution in [1.82, 2.24) is 4.72 Å². The molecule has 1 aliphatic carbocycles. The third kappa shape index (κ3) is 3.78. The summed E-state index contributed by atoms with van der Waals surface area (Å²) in [6.45, 7) is 1.96. The number of aliphatic hydroxyl groups is 1. The second kappa shape index (κ2) is 5.81. The summed E-state index contributed by atoms with van der Waals surface area (Å²) in [5, 5.41) is 10.3. The molecule has 108 valence electrons. The van der Waals surface area contributed by atoms with Crippen LogP contribution in [0.1, 0.15) is 37.7 Å². The standard InChI is InChI=1S/C12H18BrNO3S2/c1-9-7-10(18-11(9)13)19(16,17)14-8-12(15)5-3-2-4-6-12/h7,14-15H,2-6,8H2,1H3. The van der Waals surface area contributed by atoms with Crippen LogP contribution in [0.25, 0.3) is 0 Å². The summed E-state index contributed by atoms with van der Waals surface area (Å²) >= 11 is 4.52. The summed E-state index contributed by atoms with van der Waals surface area (Å²) in [6, 6.07) is 1.64. The zero-order valence-electron chi connectivity index (χ0n) is 10.8. The Morgan fingerprint density at radius 2 is 2.05 bits per heavy atom. The maximum atomic E-state index is 12.1. The van der Waals surface area contributed by atoms with E-state index < -0.39 is 15.6 Å². The topological polar surface area (TPSA) is 66.4 Å². The molecule has 7 heteroatoms. The van der Waals surface area contributed by atoms with E-state index in [4.69, 9.17) is 0 Å². The number of halogens is 1. The van der Waals surface area contributed by atoms with E-state index in [1.165, 1.54) is 11.3 Å². The van der Waals surface area contributed by atoms with Gasteiger partial charge in [-0.1, -0.05) is 19.3 Å². The SMILES string of the molecule is Cc1cc(S(=O)(=O)NCC2(O)CCCCC2)sc1Br. The zero-order valence-corrected chi connectivity index (χ0v) is 14.0. The Balaban J connectivity index is 2.05. The van der Waals surface area contributed by atoms with Crippen molar-refractivity contribution in [2.75, 3.05) is 6.54 Å². The predicted molar refractivity (Wildman–Crippen MR) is 80.0 cm³/mol. The molecule has 1 aromatic rings. The van der Waals surface area contributed by atoms with Crippen molar-refractivity contribution in [1.29, 1.82) is 0 Å². The van der Waals surface area contributed by atoms with Crippen molar-refractivity contribution >= 4 is 37.3 Å². The quantitative estimate of drug-likeness (QED) is 0.859. The summed E-state index contributed by atoms with van der Waals surface area (Å²) in [6.07, 6.45) is 4.38. The number of nitrogens with one attached hydrogen (secondary N) is 1. The van der Waals surface area contributed by atoms with Gasteiger partial charge in [0.2, 0.25) is 10.0 Å². The maximum absolute atomic E-state index is 12.1. The van der Waals surface area contributed by atoms with E-state index in [1.54, 1.807) is 6.07 Å². The summed E-state index contributed by atoms with van der Waals surface area (Å²) in [5.41, 5.74) is 0.0243. The van der Waals surface area contributed by atoms with E-state index in [1.807, 2.05) is 6.92 Å². The molecule has 1 fully saturated rings. The first kappa shape index (κ1) is 15.4. The fourth-order valence-electron chi connectivity index (χ4n) is 2.25. The number of hydrogen-bond donors (Lipinski definition) is 2. The fraction of sp³-hybridized carbons (Fsp3) is 0.667. The van der Waals surface area contributed by atoms with Crippen LogP contribution < -0.4 is 4.72 Å². The average Bonchev–Trinajstić information content (AvgIpc) is 2.69. The lowest BCUT2D eigenvalue weighted by Crippen LogP contribution is -2.44. The lowest BCUT2D eigenvalue weighted by atomic mass is 9.85. The Kier molecular flexibility index (Phi) is 4.72. The lowest BCUT2D eigenvalue weighted by molar-refractivity contribution is 0.00946. The van der Waals surface area contributed by atoms with Crippen LogP contribution >= 0.6 is 27.3 Å². The molecule has 19 heavy (non-hydrogen) atoms. The van der Waals surface area contributed by atoms with Gasteiger partial charge < -0.3 is 5.11 Å². The predicted octanol–water partition coefficient (Wildman–Crippen LogP) is 2.79. The van der Waals surface area contributed by atoms with Crippen molar-refractivity contribution in [3.63, 3.8) is 0 Å². The summed E-state index contributed by atoms with van der Waals surface area (Å²) < 4.78 is 27.9. The molecule has 0 aromatic carbocycles. The van der Waals surface area contributed by atoms with Gasteiger partial charge >= 0.3 is 0 Å². The molecule has 0 radical (unpaired) electrons. The number of hydrogen-bond acceptors (Lipinski definition) is 4. The molecule has 0 saturated heterocycles. The number of aryl methyl sites for hydroxylation is 1. The summed E-state index contributed by atoms with van der Waals surface area (Å²) in [4.78, 5) is 0. The van der Waals surface area contributed by atoms with Gasteiger partial charge in [-0.3, -0.25) is 0 Å². The summed E-state index contributed by atoms with van der Waals surface area (Å²) in [7, 11) is -3.52. The Morgan fingerprint density at radius 3 is 2.58 bits per heavy atom. The van der Waals surface area contributed by atoms with Gasteiger partial charge in [-0.2, -0.15) is 0 Å². The normalized spacial score (nSPS) is 19.5. The zero-order chi connectivity index (χ0) is 14.1. The van der Waals surface area contributed by atoms with Gasteiger partial charge in [0, 0.05) is 6.54 Å². The molecule has 2 rings (SSSR count). The highest BCUT2D eigenvalue weighted by Crippen LogP contribution is 2.31. The first-order valence-electron chi connectivity index (χ1n) is 6.30. The largest absolute Gasteiger partial charge is 0.389 e. The monoisotopic (exact) mass is 367 g/mol. The van der Waals surface area contributed by atoms with Crippen LogP contribution in [-0.4, -0.2) is 25.7 Å². The van der Waals surface area contributed by atoms with Gasteiger partial charge in [0.05, 0.1) is 9.39 Å². The first-order valence-corrected chi connectivity index (χ1v) is 9.40. The van der Waals surface area contributed by atoms with E-state index in [0.717, 1.165) is 28.6 Å². The average molecular weight is 368 g/mol. The molecule has 0 atom stereocenters. The summed E-state index contributed by atoms with van der Waals surface area (Å²) in [5.74, 6) is 0. The number of sulfonamides is 1. The molecule has 0 amide bonds. The molecule has 1 saturated carbocycles. The van der Waals surface area contributed by atoms with Gasteiger partial charge in [-0.05, 0) is 47.3 Å².